The number of aromatic nitrogens is 4. The Labute approximate surface area is 230 Å². The van der Waals surface area contributed by atoms with Crippen LogP contribution in [-0.2, 0) is 11.2 Å². The van der Waals surface area contributed by atoms with Crippen molar-refractivity contribution in [2.45, 2.75) is 13.3 Å². The maximum absolute atomic E-state index is 12.4. The first kappa shape index (κ1) is 25.1. The summed E-state index contributed by atoms with van der Waals surface area (Å²) >= 11 is 18.9. The maximum Gasteiger partial charge on any atom is 0.250 e. The van der Waals surface area contributed by atoms with Gasteiger partial charge in [-0.3, -0.25) is 10.1 Å². The van der Waals surface area contributed by atoms with Crippen molar-refractivity contribution in [3.63, 3.8) is 0 Å². The summed E-state index contributed by atoms with van der Waals surface area (Å²) in [6.07, 6.45) is 3.63. The fourth-order valence-corrected chi connectivity index (χ4v) is 5.09. The summed E-state index contributed by atoms with van der Waals surface area (Å²) in [5.74, 6) is 1.47. The van der Waals surface area contributed by atoms with Gasteiger partial charge in [-0.05, 0) is 60.8 Å². The van der Waals surface area contributed by atoms with Crippen LogP contribution in [0, 0.1) is 0 Å². The molecule has 12 heteroatoms. The van der Waals surface area contributed by atoms with Gasteiger partial charge in [-0.1, -0.05) is 53.6 Å². The number of benzene rings is 2. The van der Waals surface area contributed by atoms with Crippen molar-refractivity contribution >= 4 is 74.5 Å². The van der Waals surface area contributed by atoms with Crippen molar-refractivity contribution in [1.29, 1.82) is 0 Å². The fraction of sp³-hybridized carbons (Fsp3) is 0.0800. The lowest BCUT2D eigenvalue weighted by atomic mass is 10.2. The highest BCUT2D eigenvalue weighted by atomic mass is 35.5. The van der Waals surface area contributed by atoms with Crippen LogP contribution in [0.5, 0.6) is 0 Å². The van der Waals surface area contributed by atoms with E-state index in [1.165, 1.54) is 17.4 Å². The predicted octanol–water partition coefficient (Wildman–Crippen LogP) is 6.51. The molecule has 186 valence electrons. The van der Waals surface area contributed by atoms with Gasteiger partial charge in [0.15, 0.2) is 10.9 Å². The molecule has 0 atom stereocenters. The number of hydrogen-bond acceptors (Lipinski definition) is 7. The number of nitrogens with one attached hydrogen (secondary N) is 2. The average molecular weight is 569 g/mol. The standard InChI is InChI=1S/C25H18Cl2N6O2S2/c1-2-21-30-31-25-33(21)32-23(37-25)14-4-3-5-18(12-14)28-24(36)29-22(34)9-7-19-6-8-20(35-19)15-10-16(26)13-17(27)11-15/h3-13H,2H2,1H3,(H2,28,29,34,36)/b9-7+. The van der Waals surface area contributed by atoms with Crippen LogP contribution in [0.2, 0.25) is 10.0 Å². The van der Waals surface area contributed by atoms with Gasteiger partial charge < -0.3 is 9.73 Å². The summed E-state index contributed by atoms with van der Waals surface area (Å²) in [4.78, 5) is 13.1. The monoisotopic (exact) mass is 568 g/mol. The van der Waals surface area contributed by atoms with E-state index in [1.807, 2.05) is 31.2 Å². The zero-order valence-corrected chi connectivity index (χ0v) is 22.4. The van der Waals surface area contributed by atoms with Gasteiger partial charge in [-0.2, -0.15) is 9.61 Å². The number of amides is 1. The SMILES string of the molecule is CCc1nnc2sc(-c3cccc(NC(=S)NC(=O)/C=C/c4ccc(-c5cc(Cl)cc(Cl)c5)o4)c3)nn12. The van der Waals surface area contributed by atoms with Crippen LogP contribution in [0.15, 0.2) is 65.1 Å². The molecule has 1 amide bonds. The summed E-state index contributed by atoms with van der Waals surface area (Å²) in [7, 11) is 0. The molecule has 0 aliphatic carbocycles. The Morgan fingerprint density at radius 3 is 2.70 bits per heavy atom. The number of rotatable bonds is 6. The molecule has 0 spiro atoms. The van der Waals surface area contributed by atoms with E-state index in [4.69, 9.17) is 39.8 Å². The van der Waals surface area contributed by atoms with Crippen molar-refractivity contribution in [1.82, 2.24) is 25.1 Å². The second-order valence-electron chi connectivity index (χ2n) is 7.79. The Morgan fingerprint density at radius 2 is 1.92 bits per heavy atom. The lowest BCUT2D eigenvalue weighted by molar-refractivity contribution is -0.115. The molecule has 0 saturated heterocycles. The Morgan fingerprint density at radius 1 is 1.11 bits per heavy atom. The quantitative estimate of drug-likeness (QED) is 0.178. The lowest BCUT2D eigenvalue weighted by Crippen LogP contribution is -2.32. The second-order valence-corrected chi connectivity index (χ2v) is 10.0. The molecule has 2 N–H and O–H groups in total. The van der Waals surface area contributed by atoms with Crippen LogP contribution in [-0.4, -0.2) is 30.8 Å². The van der Waals surface area contributed by atoms with E-state index >= 15 is 0 Å². The van der Waals surface area contributed by atoms with Crippen LogP contribution in [0.4, 0.5) is 5.69 Å². The predicted molar refractivity (Wildman–Crippen MR) is 151 cm³/mol. The molecule has 0 bridgehead atoms. The van der Waals surface area contributed by atoms with Crippen LogP contribution in [0.25, 0.3) is 32.9 Å². The first-order chi connectivity index (χ1) is 17.9. The average Bonchev–Trinajstić information content (AvgIpc) is 3.58. The number of nitrogens with zero attached hydrogens (tertiary/aromatic N) is 4. The first-order valence-electron chi connectivity index (χ1n) is 11.1. The van der Waals surface area contributed by atoms with E-state index in [1.54, 1.807) is 40.9 Å². The number of aryl methyl sites for hydroxylation is 1. The lowest BCUT2D eigenvalue weighted by Gasteiger charge is -2.09. The minimum atomic E-state index is -0.404. The molecule has 37 heavy (non-hydrogen) atoms. The van der Waals surface area contributed by atoms with Crippen molar-refractivity contribution in [2.75, 3.05) is 5.32 Å². The van der Waals surface area contributed by atoms with Crippen LogP contribution in [0.1, 0.15) is 18.5 Å². The summed E-state index contributed by atoms with van der Waals surface area (Å²) in [6, 6.07) is 16.2. The second kappa shape index (κ2) is 10.8. The Balaban J connectivity index is 1.20. The van der Waals surface area contributed by atoms with Gasteiger partial charge in [-0.25, -0.2) is 0 Å². The molecule has 0 aliphatic rings. The zero-order valence-electron chi connectivity index (χ0n) is 19.2. The van der Waals surface area contributed by atoms with E-state index in [0.717, 1.165) is 33.3 Å². The highest BCUT2D eigenvalue weighted by molar-refractivity contribution is 7.80. The summed E-state index contributed by atoms with van der Waals surface area (Å²) in [5, 5.41) is 20.5. The van der Waals surface area contributed by atoms with Crippen molar-refractivity contribution in [3.05, 3.63) is 82.3 Å². The number of fused-ring (bicyclic) bond motifs is 1. The van der Waals surface area contributed by atoms with Gasteiger partial charge in [0.05, 0.1) is 0 Å². The molecule has 3 heterocycles. The van der Waals surface area contributed by atoms with Gasteiger partial charge in [0.2, 0.25) is 10.9 Å². The first-order valence-corrected chi connectivity index (χ1v) is 13.0. The van der Waals surface area contributed by atoms with Gasteiger partial charge in [0.25, 0.3) is 0 Å². The summed E-state index contributed by atoms with van der Waals surface area (Å²) < 4.78 is 7.52. The minimum Gasteiger partial charge on any atom is -0.457 e. The molecule has 0 radical (unpaired) electrons. The molecule has 0 aliphatic heterocycles. The number of carbonyl (C=O) groups excluding carboxylic acids is 1. The summed E-state index contributed by atoms with van der Waals surface area (Å²) in [6.45, 7) is 2.01. The number of hydrogen-bond donors (Lipinski definition) is 2. The molecule has 5 rings (SSSR count). The van der Waals surface area contributed by atoms with Gasteiger partial charge >= 0.3 is 0 Å². The number of furan rings is 1. The highest BCUT2D eigenvalue weighted by Gasteiger charge is 2.13. The smallest absolute Gasteiger partial charge is 0.250 e. The molecule has 3 aromatic heterocycles. The number of carbonyl (C=O) groups is 1. The van der Waals surface area contributed by atoms with E-state index in [-0.39, 0.29) is 5.11 Å². The third-order valence-corrected chi connectivity index (χ3v) is 6.74. The molecule has 5 aromatic rings. The number of anilines is 1. The largest absolute Gasteiger partial charge is 0.457 e. The van der Waals surface area contributed by atoms with Crippen molar-refractivity contribution in [2.24, 2.45) is 0 Å². The Kier molecular flexibility index (Phi) is 7.33. The minimum absolute atomic E-state index is 0.159. The van der Waals surface area contributed by atoms with Gasteiger partial charge in [-0.15, -0.1) is 10.2 Å². The zero-order chi connectivity index (χ0) is 25.9. The van der Waals surface area contributed by atoms with E-state index in [0.29, 0.717) is 27.3 Å². The van der Waals surface area contributed by atoms with Crippen molar-refractivity contribution < 1.29 is 9.21 Å². The fourth-order valence-electron chi connectivity index (χ4n) is 3.49. The molecular formula is C25H18Cl2N6O2S2. The topological polar surface area (TPSA) is 97.3 Å². The third-order valence-electron chi connectivity index (χ3n) is 5.15. The highest BCUT2D eigenvalue weighted by Crippen LogP contribution is 2.29. The van der Waals surface area contributed by atoms with Crippen LogP contribution >= 0.6 is 46.8 Å². The molecule has 0 saturated carbocycles. The molecular weight excluding hydrogens is 551 g/mol. The molecule has 8 nitrogen and oxygen atoms in total. The maximum atomic E-state index is 12.4. The number of thiocarbonyl (C=S) groups is 1. The molecule has 0 unspecified atom stereocenters. The van der Waals surface area contributed by atoms with E-state index in [2.05, 4.69) is 25.9 Å². The number of halogens is 2. The van der Waals surface area contributed by atoms with Gasteiger partial charge in [0.1, 0.15) is 16.5 Å². The third kappa shape index (κ3) is 5.89. The van der Waals surface area contributed by atoms with Crippen LogP contribution < -0.4 is 10.6 Å². The van der Waals surface area contributed by atoms with E-state index in [9.17, 15) is 4.79 Å². The summed E-state index contributed by atoms with van der Waals surface area (Å²) in [5.41, 5.74) is 2.35. The van der Waals surface area contributed by atoms with Gasteiger partial charge in [0, 0.05) is 39.4 Å². The van der Waals surface area contributed by atoms with E-state index < -0.39 is 5.91 Å². The normalized spacial score (nSPS) is 11.3. The Bertz CT molecular complexity index is 1640. The van der Waals surface area contributed by atoms with Crippen LogP contribution in [0.3, 0.4) is 0 Å². The molecule has 0 fully saturated rings. The van der Waals surface area contributed by atoms with Crippen molar-refractivity contribution in [3.8, 4) is 21.9 Å². The Hall–Kier alpha value is -3.57. The molecule has 2 aromatic carbocycles.